The minimum absolute atomic E-state index is 0. The van der Waals surface area contributed by atoms with E-state index in [1.807, 2.05) is 19.2 Å². The lowest BCUT2D eigenvalue weighted by molar-refractivity contribution is 0.0797. The van der Waals surface area contributed by atoms with Crippen molar-refractivity contribution < 1.29 is 4.79 Å². The summed E-state index contributed by atoms with van der Waals surface area (Å²) in [5, 5.41) is 13.9. The largest absolute Gasteiger partial charge is 0.340 e. The number of aromatic nitrogens is 4. The van der Waals surface area contributed by atoms with Crippen molar-refractivity contribution in [2.45, 2.75) is 0 Å². The van der Waals surface area contributed by atoms with Crippen LogP contribution < -0.4 is 5.32 Å². The van der Waals surface area contributed by atoms with Crippen LogP contribution in [0.15, 0.2) is 30.6 Å². The van der Waals surface area contributed by atoms with Gasteiger partial charge in [-0.05, 0) is 41.7 Å². The molecule has 0 fully saturated rings. The van der Waals surface area contributed by atoms with Crippen molar-refractivity contribution in [1.29, 1.82) is 0 Å². The Hall–Kier alpha value is -1.99. The van der Waals surface area contributed by atoms with Crippen molar-refractivity contribution in [2.75, 3.05) is 27.2 Å². The zero-order valence-corrected chi connectivity index (χ0v) is 12.2. The number of hydrogen-bond acceptors (Lipinski definition) is 5. The van der Waals surface area contributed by atoms with Crippen LogP contribution in [0.25, 0.3) is 5.69 Å². The first kappa shape index (κ1) is 16.1. The Bertz CT molecular complexity index is 527. The molecule has 0 saturated heterocycles. The van der Waals surface area contributed by atoms with Gasteiger partial charge in [-0.15, -0.1) is 17.5 Å². The van der Waals surface area contributed by atoms with E-state index in [-0.39, 0.29) is 18.3 Å². The van der Waals surface area contributed by atoms with Gasteiger partial charge in [-0.1, -0.05) is 0 Å². The molecule has 0 aliphatic rings. The van der Waals surface area contributed by atoms with E-state index in [1.165, 1.54) is 6.33 Å². The fourth-order valence-corrected chi connectivity index (χ4v) is 1.64. The van der Waals surface area contributed by atoms with Gasteiger partial charge in [0.2, 0.25) is 0 Å². The summed E-state index contributed by atoms with van der Waals surface area (Å²) < 4.78 is 1.54. The molecule has 8 heteroatoms. The van der Waals surface area contributed by atoms with E-state index in [4.69, 9.17) is 0 Å². The quantitative estimate of drug-likeness (QED) is 0.863. The molecule has 0 spiro atoms. The lowest BCUT2D eigenvalue weighted by atomic mass is 10.2. The van der Waals surface area contributed by atoms with Crippen LogP contribution >= 0.6 is 12.4 Å². The second-order valence-corrected chi connectivity index (χ2v) is 4.13. The van der Waals surface area contributed by atoms with Gasteiger partial charge in [-0.2, -0.15) is 0 Å². The molecule has 1 aromatic heterocycles. The molecule has 2 aromatic rings. The molecule has 108 valence electrons. The van der Waals surface area contributed by atoms with Gasteiger partial charge in [0, 0.05) is 25.7 Å². The van der Waals surface area contributed by atoms with E-state index in [2.05, 4.69) is 20.8 Å². The molecule has 2 rings (SSSR count). The number of hydrogen-bond donors (Lipinski definition) is 1. The van der Waals surface area contributed by atoms with Crippen molar-refractivity contribution in [3.63, 3.8) is 0 Å². The highest BCUT2D eigenvalue weighted by Crippen LogP contribution is 2.09. The molecular formula is C12H17ClN6O. The van der Waals surface area contributed by atoms with Gasteiger partial charge in [0.1, 0.15) is 6.33 Å². The molecule has 1 aromatic carbocycles. The number of benzene rings is 1. The third-order valence-electron chi connectivity index (χ3n) is 2.77. The maximum absolute atomic E-state index is 12.1. The van der Waals surface area contributed by atoms with Crippen molar-refractivity contribution in [3.05, 3.63) is 36.2 Å². The standard InChI is InChI=1S/C12H16N6O.ClH/c1-13-7-8-17(2)12(19)10-3-5-11(6-4-10)18-9-14-15-16-18;/h3-6,9,13H,7-8H2,1-2H3;1H. The summed E-state index contributed by atoms with van der Waals surface area (Å²) >= 11 is 0. The Kier molecular flexibility index (Phi) is 6.08. The SMILES string of the molecule is CNCCN(C)C(=O)c1ccc(-n2cnnn2)cc1.Cl. The monoisotopic (exact) mass is 296 g/mol. The summed E-state index contributed by atoms with van der Waals surface area (Å²) in [6.07, 6.45) is 1.51. The molecule has 0 aliphatic heterocycles. The zero-order valence-electron chi connectivity index (χ0n) is 11.4. The molecule has 0 radical (unpaired) electrons. The highest BCUT2D eigenvalue weighted by Gasteiger charge is 2.11. The van der Waals surface area contributed by atoms with Crippen LogP contribution in [-0.2, 0) is 0 Å². The summed E-state index contributed by atoms with van der Waals surface area (Å²) in [6, 6.07) is 7.18. The summed E-state index contributed by atoms with van der Waals surface area (Å²) in [6.45, 7) is 1.44. The number of amides is 1. The lowest BCUT2D eigenvalue weighted by Crippen LogP contribution is -2.32. The lowest BCUT2D eigenvalue weighted by Gasteiger charge is -2.16. The van der Waals surface area contributed by atoms with Crippen molar-refractivity contribution >= 4 is 18.3 Å². The topological polar surface area (TPSA) is 75.9 Å². The predicted octanol–water partition coefficient (Wildman–Crippen LogP) is 0.376. The predicted molar refractivity (Wildman–Crippen MR) is 77.3 cm³/mol. The van der Waals surface area contributed by atoms with Gasteiger partial charge in [-0.25, -0.2) is 4.68 Å². The number of nitrogens with zero attached hydrogens (tertiary/aromatic N) is 5. The maximum atomic E-state index is 12.1. The van der Waals surface area contributed by atoms with Crippen LogP contribution in [0.2, 0.25) is 0 Å². The molecule has 0 unspecified atom stereocenters. The van der Waals surface area contributed by atoms with Gasteiger partial charge in [0.25, 0.3) is 5.91 Å². The van der Waals surface area contributed by atoms with Crippen LogP contribution in [0.4, 0.5) is 0 Å². The molecule has 0 saturated carbocycles. The molecule has 1 heterocycles. The smallest absolute Gasteiger partial charge is 0.253 e. The summed E-state index contributed by atoms with van der Waals surface area (Å²) in [5.41, 5.74) is 1.47. The number of halogens is 1. The average Bonchev–Trinajstić information content (AvgIpc) is 2.98. The first-order valence-corrected chi connectivity index (χ1v) is 5.96. The number of nitrogens with one attached hydrogen (secondary N) is 1. The first-order chi connectivity index (χ1) is 9.22. The van der Waals surface area contributed by atoms with Crippen LogP contribution in [0.3, 0.4) is 0 Å². The number of tetrazole rings is 1. The number of rotatable bonds is 5. The van der Waals surface area contributed by atoms with Crippen molar-refractivity contribution in [1.82, 2.24) is 30.4 Å². The van der Waals surface area contributed by atoms with Crippen LogP contribution in [0.5, 0.6) is 0 Å². The summed E-state index contributed by atoms with van der Waals surface area (Å²) in [7, 11) is 3.65. The Labute approximate surface area is 123 Å². The Morgan fingerprint density at radius 1 is 1.35 bits per heavy atom. The average molecular weight is 297 g/mol. The second kappa shape index (κ2) is 7.56. The first-order valence-electron chi connectivity index (χ1n) is 5.96. The molecule has 7 nitrogen and oxygen atoms in total. The molecule has 1 amide bonds. The normalized spacial score (nSPS) is 9.90. The summed E-state index contributed by atoms with van der Waals surface area (Å²) in [4.78, 5) is 13.8. The van der Waals surface area contributed by atoms with Gasteiger partial charge < -0.3 is 10.2 Å². The Morgan fingerprint density at radius 2 is 2.05 bits per heavy atom. The molecule has 0 aliphatic carbocycles. The van der Waals surface area contributed by atoms with Gasteiger partial charge >= 0.3 is 0 Å². The fraction of sp³-hybridized carbons (Fsp3) is 0.333. The van der Waals surface area contributed by atoms with Crippen LogP contribution in [-0.4, -0.2) is 58.2 Å². The van der Waals surface area contributed by atoms with E-state index in [9.17, 15) is 4.79 Å². The zero-order chi connectivity index (χ0) is 13.7. The van der Waals surface area contributed by atoms with Crippen molar-refractivity contribution in [2.24, 2.45) is 0 Å². The number of likely N-dealkylation sites (N-methyl/N-ethyl adjacent to an activating group) is 2. The molecule has 0 atom stereocenters. The highest BCUT2D eigenvalue weighted by molar-refractivity contribution is 5.94. The Balaban J connectivity index is 0.00000200. The molecule has 0 bridgehead atoms. The van der Waals surface area contributed by atoms with Gasteiger partial charge in [0.05, 0.1) is 5.69 Å². The van der Waals surface area contributed by atoms with E-state index < -0.39 is 0 Å². The van der Waals surface area contributed by atoms with Crippen LogP contribution in [0.1, 0.15) is 10.4 Å². The highest BCUT2D eigenvalue weighted by atomic mass is 35.5. The maximum Gasteiger partial charge on any atom is 0.253 e. The minimum atomic E-state index is -0.00137. The van der Waals surface area contributed by atoms with E-state index in [0.29, 0.717) is 12.1 Å². The number of carbonyl (C=O) groups excluding carboxylic acids is 1. The van der Waals surface area contributed by atoms with E-state index in [0.717, 1.165) is 12.2 Å². The Morgan fingerprint density at radius 3 is 2.60 bits per heavy atom. The minimum Gasteiger partial charge on any atom is -0.340 e. The molecule has 1 N–H and O–H groups in total. The van der Waals surface area contributed by atoms with Crippen LogP contribution in [0, 0.1) is 0 Å². The van der Waals surface area contributed by atoms with E-state index in [1.54, 1.807) is 28.8 Å². The molecule has 20 heavy (non-hydrogen) atoms. The van der Waals surface area contributed by atoms with Crippen molar-refractivity contribution in [3.8, 4) is 5.69 Å². The third kappa shape index (κ3) is 3.75. The molecular weight excluding hydrogens is 280 g/mol. The number of carbonyl (C=O) groups is 1. The summed E-state index contributed by atoms with van der Waals surface area (Å²) in [5.74, 6) is -0.00137. The third-order valence-corrected chi connectivity index (χ3v) is 2.77. The van der Waals surface area contributed by atoms with Gasteiger partial charge in [0.15, 0.2) is 0 Å². The second-order valence-electron chi connectivity index (χ2n) is 4.13. The fourth-order valence-electron chi connectivity index (χ4n) is 1.64. The van der Waals surface area contributed by atoms with Gasteiger partial charge in [-0.3, -0.25) is 4.79 Å². The van der Waals surface area contributed by atoms with E-state index >= 15 is 0 Å².